The molecule has 44 heavy (non-hydrogen) atoms. The summed E-state index contributed by atoms with van der Waals surface area (Å²) < 4.78 is 73.0. The highest BCUT2D eigenvalue weighted by Crippen LogP contribution is 2.42. The molecule has 1 aliphatic rings. The molecule has 1 aromatic heterocycles. The van der Waals surface area contributed by atoms with Gasteiger partial charge in [-0.3, -0.25) is 4.31 Å². The maximum Gasteiger partial charge on any atom is 0.417 e. The van der Waals surface area contributed by atoms with Crippen molar-refractivity contribution in [2.75, 3.05) is 10.8 Å². The second-order valence-electron chi connectivity index (χ2n) is 11.0. The number of esters is 1. The number of aliphatic hydroxyl groups is 1. The summed E-state index contributed by atoms with van der Waals surface area (Å²) in [6.07, 6.45) is -0.960. The van der Waals surface area contributed by atoms with Crippen molar-refractivity contribution in [3.8, 4) is 0 Å². The third-order valence-electron chi connectivity index (χ3n) is 7.97. The summed E-state index contributed by atoms with van der Waals surface area (Å²) in [5, 5.41) is 10.8. The van der Waals surface area contributed by atoms with Crippen LogP contribution in [0.5, 0.6) is 0 Å². The van der Waals surface area contributed by atoms with Gasteiger partial charge in [0.1, 0.15) is 11.4 Å². The summed E-state index contributed by atoms with van der Waals surface area (Å²) in [5.74, 6) is -1.21. The van der Waals surface area contributed by atoms with Gasteiger partial charge in [0.15, 0.2) is 5.03 Å². The first-order valence-corrected chi connectivity index (χ1v) is 16.1. The summed E-state index contributed by atoms with van der Waals surface area (Å²) in [4.78, 5) is 17.2. The molecule has 1 N–H and O–H groups in total. The van der Waals surface area contributed by atoms with E-state index < -0.39 is 44.3 Å². The van der Waals surface area contributed by atoms with Crippen molar-refractivity contribution in [1.29, 1.82) is 0 Å². The fourth-order valence-corrected chi connectivity index (χ4v) is 7.22. The lowest BCUT2D eigenvalue weighted by atomic mass is 9.80. The number of aromatic nitrogens is 1. The number of carbonyl (C=O) groups is 1. The summed E-state index contributed by atoms with van der Waals surface area (Å²) in [7, 11) is -4.31. The Kier molecular flexibility index (Phi) is 10.1. The Labute approximate surface area is 256 Å². The third kappa shape index (κ3) is 7.09. The zero-order valence-corrected chi connectivity index (χ0v) is 25.8. The number of anilines is 1. The Bertz CT molecular complexity index is 1590. The van der Waals surface area contributed by atoms with E-state index in [-0.39, 0.29) is 30.0 Å². The van der Waals surface area contributed by atoms with Crippen LogP contribution in [0.2, 0.25) is 0 Å². The number of pyridine rings is 1. The van der Waals surface area contributed by atoms with Gasteiger partial charge >= 0.3 is 12.1 Å². The number of aliphatic hydroxyl groups excluding tert-OH is 1. The van der Waals surface area contributed by atoms with E-state index in [0.29, 0.717) is 43.5 Å². The zero-order valence-electron chi connectivity index (χ0n) is 25.0. The van der Waals surface area contributed by atoms with Gasteiger partial charge in [0.2, 0.25) is 0 Å². The van der Waals surface area contributed by atoms with Crippen LogP contribution < -0.4 is 4.31 Å². The van der Waals surface area contributed by atoms with Gasteiger partial charge in [-0.05, 0) is 68.0 Å². The number of rotatable bonds is 12. The lowest BCUT2D eigenvalue weighted by Gasteiger charge is -2.39. The molecule has 2 atom stereocenters. The maximum atomic E-state index is 13.6. The predicted molar refractivity (Wildman–Crippen MR) is 162 cm³/mol. The molecular weight excluding hydrogens is 593 g/mol. The first-order valence-electron chi connectivity index (χ1n) is 14.7. The minimum Gasteiger partial charge on any atom is -0.512 e. The van der Waals surface area contributed by atoms with Crippen LogP contribution in [-0.4, -0.2) is 36.6 Å². The number of benzene rings is 2. The highest BCUT2D eigenvalue weighted by Gasteiger charge is 2.43. The number of hydrogen-bond donors (Lipinski definition) is 1. The van der Waals surface area contributed by atoms with Crippen molar-refractivity contribution < 1.29 is 36.2 Å². The van der Waals surface area contributed by atoms with Gasteiger partial charge < -0.3 is 9.84 Å². The van der Waals surface area contributed by atoms with Gasteiger partial charge in [-0.15, -0.1) is 0 Å². The molecule has 4 rings (SSSR count). The van der Waals surface area contributed by atoms with Crippen LogP contribution in [0, 0.1) is 0 Å². The summed E-state index contributed by atoms with van der Waals surface area (Å²) >= 11 is 0. The van der Waals surface area contributed by atoms with Crippen molar-refractivity contribution in [3.05, 3.63) is 101 Å². The van der Waals surface area contributed by atoms with Crippen molar-refractivity contribution in [3.63, 3.8) is 0 Å². The third-order valence-corrected chi connectivity index (χ3v) is 9.79. The summed E-state index contributed by atoms with van der Waals surface area (Å²) in [6, 6.07) is 17.9. The Morgan fingerprint density at radius 1 is 1.02 bits per heavy atom. The van der Waals surface area contributed by atoms with Crippen LogP contribution in [0.25, 0.3) is 0 Å². The van der Waals surface area contributed by atoms with Crippen LogP contribution in [-0.2, 0) is 32.2 Å². The molecule has 3 aromatic rings. The van der Waals surface area contributed by atoms with Gasteiger partial charge in [-0.1, -0.05) is 62.7 Å². The van der Waals surface area contributed by atoms with E-state index >= 15 is 0 Å². The highest BCUT2D eigenvalue weighted by molar-refractivity contribution is 7.92. The van der Waals surface area contributed by atoms with Crippen LogP contribution >= 0.6 is 0 Å². The van der Waals surface area contributed by atoms with E-state index in [1.165, 1.54) is 0 Å². The molecule has 11 heteroatoms. The lowest BCUT2D eigenvalue weighted by Crippen LogP contribution is -2.41. The monoisotopic (exact) mass is 630 g/mol. The van der Waals surface area contributed by atoms with E-state index in [2.05, 4.69) is 4.98 Å². The number of halogens is 3. The average Bonchev–Trinajstić information content (AvgIpc) is 2.99. The molecule has 0 saturated heterocycles. The molecule has 7 nitrogen and oxygen atoms in total. The lowest BCUT2D eigenvalue weighted by molar-refractivity contribution is -0.161. The van der Waals surface area contributed by atoms with E-state index in [9.17, 15) is 31.5 Å². The molecule has 0 fully saturated rings. The van der Waals surface area contributed by atoms with Crippen LogP contribution in [0.15, 0.2) is 89.3 Å². The summed E-state index contributed by atoms with van der Waals surface area (Å²) in [6.45, 7) is 5.43. The molecule has 2 unspecified atom stereocenters. The molecule has 0 spiro atoms. The van der Waals surface area contributed by atoms with Crippen LogP contribution in [0.3, 0.4) is 0 Å². The van der Waals surface area contributed by atoms with Gasteiger partial charge in [-0.25, -0.2) is 9.78 Å². The standard InChI is InChI=1S/C33H37F3N2O5S/c1-4-18-32(19-17-23-11-8-7-9-12-23)21-28(39)30(31(40)43-32)27(5-2)24-13-10-14-26(20-24)38(6-3)44(41,42)29-16-15-25(22-37-29)33(34,35)36/h7-16,20,22,27,39H,4-6,17-19,21H2,1-3H3. The Morgan fingerprint density at radius 2 is 1.75 bits per heavy atom. The molecule has 0 bridgehead atoms. The topological polar surface area (TPSA) is 96.8 Å². The zero-order chi connectivity index (χ0) is 32.1. The molecule has 0 saturated carbocycles. The fourth-order valence-electron chi connectivity index (χ4n) is 5.83. The van der Waals surface area contributed by atoms with Gasteiger partial charge in [-0.2, -0.15) is 21.6 Å². The van der Waals surface area contributed by atoms with Crippen molar-refractivity contribution >= 4 is 21.7 Å². The molecule has 0 radical (unpaired) electrons. The Balaban J connectivity index is 1.63. The minimum absolute atomic E-state index is 0.0256. The molecule has 1 aliphatic heterocycles. The number of aryl methyl sites for hydroxylation is 1. The van der Waals surface area contributed by atoms with Crippen molar-refractivity contribution in [2.24, 2.45) is 0 Å². The van der Waals surface area contributed by atoms with E-state index in [4.69, 9.17) is 4.74 Å². The highest BCUT2D eigenvalue weighted by atomic mass is 32.2. The van der Waals surface area contributed by atoms with Crippen molar-refractivity contribution in [2.45, 2.75) is 82.0 Å². The molecule has 236 valence electrons. The molecule has 2 aromatic carbocycles. The van der Waals surface area contributed by atoms with Gasteiger partial charge in [0, 0.05) is 25.1 Å². The first kappa shape index (κ1) is 33.0. The number of cyclic esters (lactones) is 1. The number of hydrogen-bond acceptors (Lipinski definition) is 6. The van der Waals surface area contributed by atoms with E-state index in [1.54, 1.807) is 31.2 Å². The predicted octanol–water partition coefficient (Wildman–Crippen LogP) is 7.74. The number of nitrogens with zero attached hydrogens (tertiary/aromatic N) is 2. The number of sulfonamides is 1. The quantitative estimate of drug-likeness (QED) is 0.206. The number of ether oxygens (including phenoxy) is 1. The van der Waals surface area contributed by atoms with Crippen LogP contribution in [0.4, 0.5) is 18.9 Å². The van der Waals surface area contributed by atoms with E-state index in [1.807, 2.05) is 44.2 Å². The molecule has 0 aliphatic carbocycles. The van der Waals surface area contributed by atoms with Gasteiger partial charge in [0.05, 0.1) is 16.8 Å². The van der Waals surface area contributed by atoms with E-state index in [0.717, 1.165) is 22.4 Å². The summed E-state index contributed by atoms with van der Waals surface area (Å²) in [5.41, 5.74) is 0.201. The largest absolute Gasteiger partial charge is 0.512 e. The normalized spacial score (nSPS) is 18.2. The Morgan fingerprint density at radius 3 is 2.32 bits per heavy atom. The smallest absolute Gasteiger partial charge is 0.417 e. The second kappa shape index (κ2) is 13.4. The fraction of sp³-hybridized carbons (Fsp3) is 0.394. The van der Waals surface area contributed by atoms with Crippen molar-refractivity contribution in [1.82, 2.24) is 4.98 Å². The number of carbonyl (C=O) groups excluding carboxylic acids is 1. The maximum absolute atomic E-state index is 13.6. The molecule has 2 heterocycles. The molecular formula is C33H37F3N2O5S. The first-order chi connectivity index (χ1) is 20.8. The van der Waals surface area contributed by atoms with Crippen LogP contribution in [0.1, 0.15) is 75.5 Å². The molecule has 0 amide bonds. The number of alkyl halides is 3. The average molecular weight is 631 g/mol. The minimum atomic E-state index is -4.65. The second-order valence-corrected chi connectivity index (χ2v) is 12.8. The SMILES string of the molecule is CCCC1(CCc2ccccc2)CC(O)=C(C(CC)c2cccc(N(CC)S(=O)(=O)c3ccc(C(F)(F)F)cn3)c2)C(=O)O1. The Hall–Kier alpha value is -3.86. The van der Waals surface area contributed by atoms with Gasteiger partial charge in [0.25, 0.3) is 10.0 Å².